The van der Waals surface area contributed by atoms with Crippen LogP contribution in [0.3, 0.4) is 0 Å². The van der Waals surface area contributed by atoms with Crippen LogP contribution in [0.5, 0.6) is 0 Å². The van der Waals surface area contributed by atoms with E-state index < -0.39 is 0 Å². The zero-order valence-corrected chi connectivity index (χ0v) is 8.15. The number of hydrogen-bond acceptors (Lipinski definition) is 1. The Morgan fingerprint density at radius 3 is 2.43 bits per heavy atom. The Labute approximate surface area is 83.1 Å². The largest absolute Gasteiger partial charge is 0.321 e. The summed E-state index contributed by atoms with van der Waals surface area (Å²) < 4.78 is 13.7. The number of benzene rings is 1. The van der Waals surface area contributed by atoms with E-state index in [0.29, 0.717) is 0 Å². The lowest BCUT2D eigenvalue weighted by Crippen LogP contribution is -2.20. The Bertz CT molecular complexity index is 394. The molecular formula is C12H14FN. The van der Waals surface area contributed by atoms with Crippen LogP contribution in [0.15, 0.2) is 12.1 Å². The van der Waals surface area contributed by atoms with Crippen LogP contribution in [-0.2, 0) is 18.4 Å². The van der Waals surface area contributed by atoms with Gasteiger partial charge in [0.25, 0.3) is 0 Å². The van der Waals surface area contributed by atoms with Crippen LogP contribution >= 0.6 is 0 Å². The number of hydrogen-bond donors (Lipinski definition) is 1. The van der Waals surface area contributed by atoms with Crippen molar-refractivity contribution in [3.8, 4) is 0 Å². The Balaban J connectivity index is 2.13. The van der Waals surface area contributed by atoms with Crippen molar-refractivity contribution in [3.63, 3.8) is 0 Å². The van der Waals surface area contributed by atoms with Gasteiger partial charge in [-0.1, -0.05) is 6.07 Å². The number of fused-ring (bicyclic) bond motifs is 1. The van der Waals surface area contributed by atoms with E-state index in [4.69, 9.17) is 5.73 Å². The van der Waals surface area contributed by atoms with Gasteiger partial charge in [-0.25, -0.2) is 4.39 Å². The van der Waals surface area contributed by atoms with Gasteiger partial charge in [0.05, 0.1) is 0 Å². The van der Waals surface area contributed by atoms with Crippen molar-refractivity contribution in [2.45, 2.75) is 37.6 Å². The van der Waals surface area contributed by atoms with E-state index in [-0.39, 0.29) is 11.4 Å². The average molecular weight is 191 g/mol. The lowest BCUT2D eigenvalue weighted by atomic mass is 9.99. The average Bonchev–Trinajstić information content (AvgIpc) is 2.75. The van der Waals surface area contributed by atoms with Crippen LogP contribution in [0, 0.1) is 5.82 Å². The van der Waals surface area contributed by atoms with Crippen LogP contribution in [-0.4, -0.2) is 0 Å². The molecule has 0 atom stereocenters. The third-order valence-corrected chi connectivity index (χ3v) is 3.51. The highest BCUT2D eigenvalue weighted by atomic mass is 19.1. The molecule has 0 unspecified atom stereocenters. The van der Waals surface area contributed by atoms with Crippen molar-refractivity contribution in [2.75, 3.05) is 0 Å². The maximum Gasteiger partial charge on any atom is 0.128 e. The molecule has 0 saturated heterocycles. The summed E-state index contributed by atoms with van der Waals surface area (Å²) in [6, 6.07) is 3.70. The molecule has 0 bridgehead atoms. The van der Waals surface area contributed by atoms with Crippen molar-refractivity contribution in [3.05, 3.63) is 34.6 Å². The fraction of sp³-hybridized carbons (Fsp3) is 0.500. The summed E-state index contributed by atoms with van der Waals surface area (Å²) in [7, 11) is 0. The van der Waals surface area contributed by atoms with Crippen LogP contribution in [0.25, 0.3) is 0 Å². The third kappa shape index (κ3) is 1.10. The van der Waals surface area contributed by atoms with Gasteiger partial charge in [0.2, 0.25) is 0 Å². The van der Waals surface area contributed by atoms with Crippen molar-refractivity contribution >= 4 is 0 Å². The van der Waals surface area contributed by atoms with Gasteiger partial charge in [-0.15, -0.1) is 0 Å². The molecule has 74 valence electrons. The van der Waals surface area contributed by atoms with E-state index in [2.05, 4.69) is 0 Å². The number of aryl methyl sites for hydroxylation is 2. The Hall–Kier alpha value is -0.890. The SMILES string of the molecule is NC1(c2cc3c(cc2F)CCC3)CC1. The van der Waals surface area contributed by atoms with Crippen LogP contribution in [0.2, 0.25) is 0 Å². The molecule has 2 aliphatic rings. The van der Waals surface area contributed by atoms with E-state index in [0.717, 1.165) is 37.7 Å². The molecule has 0 radical (unpaired) electrons. The summed E-state index contributed by atoms with van der Waals surface area (Å²) in [5.41, 5.74) is 8.95. The Morgan fingerprint density at radius 2 is 1.79 bits per heavy atom. The first-order chi connectivity index (χ1) is 6.69. The van der Waals surface area contributed by atoms with Gasteiger partial charge in [0.15, 0.2) is 0 Å². The van der Waals surface area contributed by atoms with Crippen molar-refractivity contribution < 1.29 is 4.39 Å². The predicted octanol–water partition coefficient (Wildman–Crippen LogP) is 2.26. The molecule has 2 heteroatoms. The molecule has 1 aromatic rings. The first kappa shape index (κ1) is 8.42. The minimum atomic E-state index is -0.332. The highest BCUT2D eigenvalue weighted by Gasteiger charge is 2.42. The molecule has 0 aromatic heterocycles. The first-order valence-corrected chi connectivity index (χ1v) is 5.30. The van der Waals surface area contributed by atoms with Gasteiger partial charge in [-0.3, -0.25) is 0 Å². The molecule has 0 spiro atoms. The molecule has 3 rings (SSSR count). The highest BCUT2D eigenvalue weighted by Crippen LogP contribution is 2.44. The Morgan fingerprint density at radius 1 is 1.14 bits per heavy atom. The van der Waals surface area contributed by atoms with Crippen LogP contribution < -0.4 is 5.73 Å². The molecule has 1 saturated carbocycles. The number of halogens is 1. The van der Waals surface area contributed by atoms with Gasteiger partial charge in [0.1, 0.15) is 5.82 Å². The summed E-state index contributed by atoms with van der Waals surface area (Å²) >= 11 is 0. The summed E-state index contributed by atoms with van der Waals surface area (Å²) in [4.78, 5) is 0. The fourth-order valence-corrected chi connectivity index (χ4v) is 2.38. The quantitative estimate of drug-likeness (QED) is 0.724. The van der Waals surface area contributed by atoms with Gasteiger partial charge in [0, 0.05) is 11.1 Å². The normalized spacial score (nSPS) is 22.1. The second-order valence-electron chi connectivity index (χ2n) is 4.61. The standard InChI is InChI=1S/C12H14FN/c13-11-7-9-3-1-2-8(9)6-10(11)12(14)4-5-12/h6-7H,1-5,14H2. The van der Waals surface area contributed by atoms with Crippen molar-refractivity contribution in [1.29, 1.82) is 0 Å². The maximum absolute atomic E-state index is 13.7. The summed E-state index contributed by atoms with van der Waals surface area (Å²) in [5, 5.41) is 0. The van der Waals surface area contributed by atoms with Crippen LogP contribution in [0.4, 0.5) is 4.39 Å². The molecule has 0 amide bonds. The molecule has 0 heterocycles. The minimum Gasteiger partial charge on any atom is -0.321 e. The topological polar surface area (TPSA) is 26.0 Å². The lowest BCUT2D eigenvalue weighted by molar-refractivity contribution is 0.576. The molecule has 2 N–H and O–H groups in total. The smallest absolute Gasteiger partial charge is 0.128 e. The van der Waals surface area contributed by atoms with E-state index in [1.807, 2.05) is 6.07 Å². The van der Waals surface area contributed by atoms with Crippen molar-refractivity contribution in [2.24, 2.45) is 5.73 Å². The molecule has 1 fully saturated rings. The van der Waals surface area contributed by atoms with E-state index >= 15 is 0 Å². The van der Waals surface area contributed by atoms with Gasteiger partial charge in [-0.05, 0) is 49.3 Å². The van der Waals surface area contributed by atoms with Gasteiger partial charge in [-0.2, -0.15) is 0 Å². The van der Waals surface area contributed by atoms with E-state index in [1.165, 1.54) is 11.1 Å². The molecular weight excluding hydrogens is 177 g/mol. The number of rotatable bonds is 1. The molecule has 0 aliphatic heterocycles. The predicted molar refractivity (Wildman–Crippen MR) is 53.5 cm³/mol. The summed E-state index contributed by atoms with van der Waals surface area (Å²) in [6.07, 6.45) is 5.16. The number of nitrogens with two attached hydrogens (primary N) is 1. The zero-order chi connectivity index (χ0) is 9.76. The summed E-state index contributed by atoms with van der Waals surface area (Å²) in [6.45, 7) is 0. The lowest BCUT2D eigenvalue weighted by Gasteiger charge is -2.12. The molecule has 1 nitrogen and oxygen atoms in total. The van der Waals surface area contributed by atoms with E-state index in [1.54, 1.807) is 6.07 Å². The second kappa shape index (κ2) is 2.57. The van der Waals surface area contributed by atoms with Gasteiger partial charge >= 0.3 is 0 Å². The molecule has 2 aliphatic carbocycles. The second-order valence-corrected chi connectivity index (χ2v) is 4.61. The van der Waals surface area contributed by atoms with E-state index in [9.17, 15) is 4.39 Å². The highest BCUT2D eigenvalue weighted by molar-refractivity contribution is 5.41. The van der Waals surface area contributed by atoms with Crippen LogP contribution in [0.1, 0.15) is 36.0 Å². The first-order valence-electron chi connectivity index (χ1n) is 5.30. The molecule has 14 heavy (non-hydrogen) atoms. The third-order valence-electron chi connectivity index (χ3n) is 3.51. The minimum absolute atomic E-state index is 0.0920. The van der Waals surface area contributed by atoms with Crippen molar-refractivity contribution in [1.82, 2.24) is 0 Å². The Kier molecular flexibility index (Phi) is 1.55. The summed E-state index contributed by atoms with van der Waals surface area (Å²) in [5.74, 6) is -0.0920. The van der Waals surface area contributed by atoms with Gasteiger partial charge < -0.3 is 5.73 Å². The zero-order valence-electron chi connectivity index (χ0n) is 8.15. The maximum atomic E-state index is 13.7. The molecule has 1 aromatic carbocycles. The monoisotopic (exact) mass is 191 g/mol. The fourth-order valence-electron chi connectivity index (χ4n) is 2.38.